The molecule has 6 nitrogen and oxygen atoms in total. The molecule has 0 aliphatic heterocycles. The average Bonchev–Trinajstić information content (AvgIpc) is 2.84. The van der Waals surface area contributed by atoms with Crippen LogP contribution in [0.4, 0.5) is 5.69 Å². The lowest BCUT2D eigenvalue weighted by atomic mass is 9.94. The van der Waals surface area contributed by atoms with Crippen LogP contribution in [-0.2, 0) is 4.79 Å². The summed E-state index contributed by atoms with van der Waals surface area (Å²) in [5, 5.41) is 2.96. The number of hydrogen-bond acceptors (Lipinski definition) is 5. The molecule has 33 heavy (non-hydrogen) atoms. The van der Waals surface area contributed by atoms with Gasteiger partial charge in [-0.05, 0) is 51.0 Å². The van der Waals surface area contributed by atoms with Gasteiger partial charge in [-0.1, -0.05) is 31.4 Å². The lowest BCUT2D eigenvalue weighted by Crippen LogP contribution is -2.39. The Bertz CT molecular complexity index is 944. The number of amides is 2. The van der Waals surface area contributed by atoms with Gasteiger partial charge in [0.1, 0.15) is 11.5 Å². The van der Waals surface area contributed by atoms with E-state index in [2.05, 4.69) is 5.32 Å². The van der Waals surface area contributed by atoms with Gasteiger partial charge in [0.05, 0.1) is 30.2 Å². The number of hydrogen-bond donors (Lipinski definition) is 1. The molecule has 7 heteroatoms. The molecule has 0 bridgehead atoms. The van der Waals surface area contributed by atoms with Gasteiger partial charge in [0.25, 0.3) is 5.91 Å². The maximum Gasteiger partial charge on any atom is 0.256 e. The zero-order valence-corrected chi connectivity index (χ0v) is 20.6. The second-order valence-electron chi connectivity index (χ2n) is 8.06. The van der Waals surface area contributed by atoms with E-state index >= 15 is 0 Å². The Morgan fingerprint density at radius 2 is 1.76 bits per heavy atom. The molecule has 2 aromatic carbocycles. The normalized spacial score (nSPS) is 13.9. The molecule has 0 saturated heterocycles. The molecule has 1 aliphatic carbocycles. The minimum absolute atomic E-state index is 0.102. The highest BCUT2D eigenvalue weighted by Crippen LogP contribution is 2.31. The zero-order valence-electron chi connectivity index (χ0n) is 19.8. The van der Waals surface area contributed by atoms with Crippen molar-refractivity contribution in [2.75, 3.05) is 31.3 Å². The molecule has 0 aromatic heterocycles. The van der Waals surface area contributed by atoms with Gasteiger partial charge in [-0.2, -0.15) is 0 Å². The quantitative estimate of drug-likeness (QED) is 0.457. The molecule has 1 aliphatic rings. The lowest BCUT2D eigenvalue weighted by Gasteiger charge is -2.31. The SMILES string of the molecule is CCOc1ccc(OCC)c(NC(=O)c2ccccc2SCC(=O)N(C)C2CCCCC2)c1. The van der Waals surface area contributed by atoms with Crippen molar-refractivity contribution in [2.24, 2.45) is 0 Å². The molecule has 178 valence electrons. The minimum atomic E-state index is -0.249. The summed E-state index contributed by atoms with van der Waals surface area (Å²) < 4.78 is 11.2. The van der Waals surface area contributed by atoms with Gasteiger partial charge >= 0.3 is 0 Å². The fraction of sp³-hybridized carbons (Fsp3) is 0.462. The van der Waals surface area contributed by atoms with Crippen molar-refractivity contribution in [3.05, 3.63) is 48.0 Å². The monoisotopic (exact) mass is 470 g/mol. The predicted molar refractivity (Wildman–Crippen MR) is 134 cm³/mol. The van der Waals surface area contributed by atoms with E-state index in [-0.39, 0.29) is 11.8 Å². The molecular weight excluding hydrogens is 436 g/mol. The zero-order chi connectivity index (χ0) is 23.6. The van der Waals surface area contributed by atoms with Crippen LogP contribution in [0.3, 0.4) is 0 Å². The first-order chi connectivity index (χ1) is 16.0. The van der Waals surface area contributed by atoms with E-state index in [1.165, 1.54) is 31.0 Å². The number of carbonyl (C=O) groups is 2. The van der Waals surface area contributed by atoms with Crippen molar-refractivity contribution in [3.8, 4) is 11.5 Å². The van der Waals surface area contributed by atoms with Gasteiger partial charge in [-0.3, -0.25) is 9.59 Å². The van der Waals surface area contributed by atoms with E-state index in [1.807, 2.05) is 50.1 Å². The molecule has 2 aromatic rings. The second-order valence-corrected chi connectivity index (χ2v) is 9.08. The fourth-order valence-corrected chi connectivity index (χ4v) is 5.00. The van der Waals surface area contributed by atoms with Gasteiger partial charge < -0.3 is 19.7 Å². The van der Waals surface area contributed by atoms with Gasteiger partial charge in [-0.15, -0.1) is 11.8 Å². The summed E-state index contributed by atoms with van der Waals surface area (Å²) >= 11 is 1.40. The minimum Gasteiger partial charge on any atom is -0.494 e. The first kappa shape index (κ1) is 25.0. The number of ether oxygens (including phenoxy) is 2. The van der Waals surface area contributed by atoms with E-state index in [0.717, 1.165) is 17.7 Å². The van der Waals surface area contributed by atoms with E-state index in [9.17, 15) is 9.59 Å². The maximum absolute atomic E-state index is 13.2. The summed E-state index contributed by atoms with van der Waals surface area (Å²) in [6.45, 7) is 4.83. The molecule has 0 radical (unpaired) electrons. The van der Waals surface area contributed by atoms with Crippen molar-refractivity contribution in [2.45, 2.75) is 56.9 Å². The molecule has 3 rings (SSSR count). The van der Waals surface area contributed by atoms with Crippen molar-refractivity contribution in [1.82, 2.24) is 4.90 Å². The van der Waals surface area contributed by atoms with Crippen molar-refractivity contribution in [1.29, 1.82) is 0 Å². The molecule has 0 heterocycles. The number of anilines is 1. The molecular formula is C26H34N2O4S. The molecule has 1 fully saturated rings. The molecule has 2 amide bonds. The Morgan fingerprint density at radius 3 is 2.48 bits per heavy atom. The smallest absolute Gasteiger partial charge is 0.256 e. The Morgan fingerprint density at radius 1 is 1.03 bits per heavy atom. The summed E-state index contributed by atoms with van der Waals surface area (Å²) in [5.41, 5.74) is 1.08. The second kappa shape index (κ2) is 12.5. The summed E-state index contributed by atoms with van der Waals surface area (Å²) in [6, 6.07) is 13.1. The molecule has 0 spiro atoms. The third-order valence-corrected chi connectivity index (χ3v) is 6.87. The van der Waals surface area contributed by atoms with Crippen LogP contribution >= 0.6 is 11.8 Å². The first-order valence-electron chi connectivity index (χ1n) is 11.7. The summed E-state index contributed by atoms with van der Waals surface area (Å²) in [5.74, 6) is 1.41. The van der Waals surface area contributed by atoms with Crippen LogP contribution in [0.5, 0.6) is 11.5 Å². The molecule has 1 N–H and O–H groups in total. The number of nitrogens with zero attached hydrogens (tertiary/aromatic N) is 1. The fourth-order valence-electron chi connectivity index (χ4n) is 4.03. The number of carbonyl (C=O) groups excluding carboxylic acids is 2. The average molecular weight is 471 g/mol. The van der Waals surface area contributed by atoms with Crippen LogP contribution in [0.1, 0.15) is 56.3 Å². The molecule has 0 unspecified atom stereocenters. The van der Waals surface area contributed by atoms with E-state index in [4.69, 9.17) is 9.47 Å². The number of nitrogens with one attached hydrogen (secondary N) is 1. The standard InChI is InChI=1S/C26H34N2O4S/c1-4-31-20-15-16-23(32-5-2)22(17-20)27-26(30)21-13-9-10-14-24(21)33-18-25(29)28(3)19-11-7-6-8-12-19/h9-10,13-17,19H,4-8,11-12,18H2,1-3H3,(H,27,30). The van der Waals surface area contributed by atoms with E-state index in [1.54, 1.807) is 18.2 Å². The van der Waals surface area contributed by atoms with Crippen LogP contribution in [0.25, 0.3) is 0 Å². The van der Waals surface area contributed by atoms with Crippen LogP contribution in [-0.4, -0.2) is 48.8 Å². The summed E-state index contributed by atoms with van der Waals surface area (Å²) in [4.78, 5) is 28.6. The van der Waals surface area contributed by atoms with Crippen LogP contribution < -0.4 is 14.8 Å². The highest BCUT2D eigenvalue weighted by atomic mass is 32.2. The third kappa shape index (κ3) is 6.90. The Hall–Kier alpha value is -2.67. The molecule has 0 atom stereocenters. The van der Waals surface area contributed by atoms with E-state index < -0.39 is 0 Å². The first-order valence-corrected chi connectivity index (χ1v) is 12.7. The van der Waals surface area contributed by atoms with Crippen molar-refractivity contribution < 1.29 is 19.1 Å². The van der Waals surface area contributed by atoms with Crippen LogP contribution in [0.2, 0.25) is 0 Å². The van der Waals surface area contributed by atoms with Gasteiger partial charge in [0.15, 0.2) is 0 Å². The Kier molecular flexibility index (Phi) is 9.48. The number of benzene rings is 2. The Labute approximate surface area is 201 Å². The topological polar surface area (TPSA) is 67.9 Å². The van der Waals surface area contributed by atoms with Crippen LogP contribution in [0.15, 0.2) is 47.4 Å². The van der Waals surface area contributed by atoms with Gasteiger partial charge in [-0.25, -0.2) is 0 Å². The number of rotatable bonds is 10. The van der Waals surface area contributed by atoms with Crippen molar-refractivity contribution >= 4 is 29.3 Å². The summed E-state index contributed by atoms with van der Waals surface area (Å²) in [7, 11) is 1.90. The highest BCUT2D eigenvalue weighted by Gasteiger charge is 2.23. The Balaban J connectivity index is 1.70. The van der Waals surface area contributed by atoms with Gasteiger partial charge in [0, 0.05) is 24.1 Å². The summed E-state index contributed by atoms with van der Waals surface area (Å²) in [6.07, 6.45) is 5.79. The van der Waals surface area contributed by atoms with E-state index in [0.29, 0.717) is 47.8 Å². The number of thioether (sulfide) groups is 1. The third-order valence-electron chi connectivity index (χ3n) is 5.81. The predicted octanol–water partition coefficient (Wildman–Crippen LogP) is 5.62. The van der Waals surface area contributed by atoms with Crippen LogP contribution in [0, 0.1) is 0 Å². The lowest BCUT2D eigenvalue weighted by molar-refractivity contribution is -0.129. The molecule has 1 saturated carbocycles. The highest BCUT2D eigenvalue weighted by molar-refractivity contribution is 8.00. The van der Waals surface area contributed by atoms with Crippen molar-refractivity contribution in [3.63, 3.8) is 0 Å². The van der Waals surface area contributed by atoms with Gasteiger partial charge in [0.2, 0.25) is 5.91 Å². The maximum atomic E-state index is 13.2. The largest absolute Gasteiger partial charge is 0.494 e.